The fourth-order valence-corrected chi connectivity index (χ4v) is 1.85. The van der Waals surface area contributed by atoms with Crippen molar-refractivity contribution in [1.29, 1.82) is 10.9 Å². The standard InChI is InChI=1S/C11H18IN5O/c1-15-5-8(11(12)13)10(18)9(17-14)6-16-4-7-2-3-7/h5-7,10,13-16,18H,2-4H2,1H3/b8-5-,9-6-,13-11?,17-14?. The molecule has 0 heterocycles. The van der Waals surface area contributed by atoms with Gasteiger partial charge in [-0.25, -0.2) is 5.53 Å². The molecule has 18 heavy (non-hydrogen) atoms. The fourth-order valence-electron chi connectivity index (χ4n) is 1.40. The van der Waals surface area contributed by atoms with Gasteiger partial charge in [-0.15, -0.1) is 0 Å². The number of aliphatic hydroxyl groups is 1. The molecular formula is C11H18IN5O. The van der Waals surface area contributed by atoms with Crippen LogP contribution in [0.15, 0.2) is 28.8 Å². The molecule has 0 spiro atoms. The van der Waals surface area contributed by atoms with Gasteiger partial charge in [0.2, 0.25) is 0 Å². The molecular weight excluding hydrogens is 345 g/mol. The van der Waals surface area contributed by atoms with E-state index in [0.29, 0.717) is 11.5 Å². The van der Waals surface area contributed by atoms with Crippen molar-refractivity contribution < 1.29 is 5.11 Å². The molecule has 0 bridgehead atoms. The molecule has 0 saturated heterocycles. The molecule has 0 aromatic carbocycles. The van der Waals surface area contributed by atoms with Crippen LogP contribution in [0, 0.1) is 16.9 Å². The fraction of sp³-hybridized carbons (Fsp3) is 0.545. The number of halogens is 1. The summed E-state index contributed by atoms with van der Waals surface area (Å²) in [7, 11) is 1.69. The second-order valence-electron chi connectivity index (χ2n) is 4.14. The van der Waals surface area contributed by atoms with E-state index in [9.17, 15) is 5.11 Å². The first-order chi connectivity index (χ1) is 8.60. The topological polar surface area (TPSA) is 104 Å². The monoisotopic (exact) mass is 363 g/mol. The molecule has 0 aliphatic heterocycles. The molecule has 0 amide bonds. The summed E-state index contributed by atoms with van der Waals surface area (Å²) >= 11 is 1.82. The zero-order chi connectivity index (χ0) is 13.5. The van der Waals surface area contributed by atoms with Crippen molar-refractivity contribution in [1.82, 2.24) is 10.6 Å². The van der Waals surface area contributed by atoms with Crippen molar-refractivity contribution in [2.24, 2.45) is 11.0 Å². The van der Waals surface area contributed by atoms with Gasteiger partial charge in [-0.2, -0.15) is 5.11 Å². The normalized spacial score (nSPS) is 18.2. The highest BCUT2D eigenvalue weighted by molar-refractivity contribution is 14.1. The SMILES string of the molecule is CN/C=C(\C(=N)I)C(O)/C(=C/NCC1CC1)N=N. The van der Waals surface area contributed by atoms with E-state index in [0.717, 1.165) is 6.54 Å². The van der Waals surface area contributed by atoms with Gasteiger partial charge >= 0.3 is 0 Å². The summed E-state index contributed by atoms with van der Waals surface area (Å²) in [5.74, 6) is 0.709. The molecule has 1 aliphatic rings. The molecule has 100 valence electrons. The van der Waals surface area contributed by atoms with Crippen LogP contribution >= 0.6 is 22.6 Å². The lowest BCUT2D eigenvalue weighted by atomic mass is 10.1. The van der Waals surface area contributed by atoms with Crippen LogP contribution < -0.4 is 10.6 Å². The highest BCUT2D eigenvalue weighted by atomic mass is 127. The van der Waals surface area contributed by atoms with E-state index >= 15 is 0 Å². The highest BCUT2D eigenvalue weighted by Crippen LogP contribution is 2.27. The number of nitrogens with one attached hydrogen (secondary N) is 4. The Balaban J connectivity index is 2.68. The third kappa shape index (κ3) is 4.73. The van der Waals surface area contributed by atoms with E-state index in [2.05, 4.69) is 15.7 Å². The Labute approximate surface area is 120 Å². The molecule has 0 aromatic rings. The molecule has 7 heteroatoms. The Kier molecular flexibility index (Phi) is 6.27. The Hall–Kier alpha value is -0.960. The zero-order valence-electron chi connectivity index (χ0n) is 10.2. The first-order valence-electron chi connectivity index (χ1n) is 5.70. The lowest BCUT2D eigenvalue weighted by molar-refractivity contribution is 0.248. The van der Waals surface area contributed by atoms with Crippen molar-refractivity contribution in [2.45, 2.75) is 18.9 Å². The molecule has 1 saturated carbocycles. The Morgan fingerprint density at radius 1 is 1.56 bits per heavy atom. The molecule has 6 nitrogen and oxygen atoms in total. The van der Waals surface area contributed by atoms with Crippen molar-refractivity contribution in [3.8, 4) is 0 Å². The van der Waals surface area contributed by atoms with Gasteiger partial charge in [0.1, 0.15) is 11.8 Å². The van der Waals surface area contributed by atoms with Gasteiger partial charge < -0.3 is 15.7 Å². The zero-order valence-corrected chi connectivity index (χ0v) is 12.4. The minimum absolute atomic E-state index is 0.207. The van der Waals surface area contributed by atoms with Crippen LogP contribution in [-0.4, -0.2) is 28.5 Å². The molecule has 5 N–H and O–H groups in total. The van der Waals surface area contributed by atoms with Gasteiger partial charge in [-0.05, 0) is 41.4 Å². The second kappa shape index (κ2) is 7.47. The van der Waals surface area contributed by atoms with Crippen molar-refractivity contribution >= 4 is 26.3 Å². The van der Waals surface area contributed by atoms with E-state index in [4.69, 9.17) is 10.9 Å². The highest BCUT2D eigenvalue weighted by Gasteiger charge is 2.21. The Morgan fingerprint density at radius 2 is 2.22 bits per heavy atom. The predicted octanol–water partition coefficient (Wildman–Crippen LogP) is 1.73. The summed E-state index contributed by atoms with van der Waals surface area (Å²) in [6.45, 7) is 0.846. The third-order valence-corrected chi connectivity index (χ3v) is 3.23. The van der Waals surface area contributed by atoms with Crippen LogP contribution in [0.2, 0.25) is 0 Å². The number of aliphatic hydroxyl groups excluding tert-OH is 1. The quantitative estimate of drug-likeness (QED) is 0.258. The number of hydrogen-bond donors (Lipinski definition) is 5. The molecule has 0 aromatic heterocycles. The Bertz CT molecular complexity index is 376. The van der Waals surface area contributed by atoms with Gasteiger partial charge in [0.25, 0.3) is 0 Å². The van der Waals surface area contributed by atoms with Gasteiger partial charge in [-0.1, -0.05) is 0 Å². The number of nitrogens with zero attached hydrogens (tertiary/aromatic N) is 1. The average Bonchev–Trinajstić information content (AvgIpc) is 3.14. The first-order valence-corrected chi connectivity index (χ1v) is 6.78. The summed E-state index contributed by atoms with van der Waals surface area (Å²) in [5.41, 5.74) is 7.70. The summed E-state index contributed by atoms with van der Waals surface area (Å²) in [6.07, 6.45) is 4.50. The summed E-state index contributed by atoms with van der Waals surface area (Å²) in [5, 5.41) is 26.8. The van der Waals surface area contributed by atoms with E-state index in [-0.39, 0.29) is 9.42 Å². The van der Waals surface area contributed by atoms with Gasteiger partial charge in [0.05, 0.1) is 3.72 Å². The van der Waals surface area contributed by atoms with Crippen LogP contribution in [0.4, 0.5) is 0 Å². The predicted molar refractivity (Wildman–Crippen MR) is 78.9 cm³/mol. The summed E-state index contributed by atoms with van der Waals surface area (Å²) < 4.78 is 0.214. The second-order valence-corrected chi connectivity index (χ2v) is 5.22. The van der Waals surface area contributed by atoms with E-state index in [1.807, 2.05) is 22.6 Å². The van der Waals surface area contributed by atoms with Gasteiger partial charge in [-0.3, -0.25) is 5.41 Å². The van der Waals surface area contributed by atoms with Gasteiger partial charge in [0.15, 0.2) is 0 Å². The van der Waals surface area contributed by atoms with Crippen molar-refractivity contribution in [2.75, 3.05) is 13.6 Å². The minimum Gasteiger partial charge on any atom is -0.394 e. The van der Waals surface area contributed by atoms with Crippen LogP contribution in [0.1, 0.15) is 12.8 Å². The van der Waals surface area contributed by atoms with Crippen LogP contribution in [0.5, 0.6) is 0 Å². The van der Waals surface area contributed by atoms with Crippen LogP contribution in [0.25, 0.3) is 0 Å². The number of rotatable bonds is 8. The molecule has 1 unspecified atom stereocenters. The molecule has 1 aliphatic carbocycles. The molecule has 1 rings (SSSR count). The van der Waals surface area contributed by atoms with Gasteiger partial charge in [0, 0.05) is 31.6 Å². The lowest BCUT2D eigenvalue weighted by Gasteiger charge is -2.13. The van der Waals surface area contributed by atoms with E-state index in [1.165, 1.54) is 12.8 Å². The smallest absolute Gasteiger partial charge is 0.128 e. The average molecular weight is 363 g/mol. The minimum atomic E-state index is -1.06. The molecule has 1 fully saturated rings. The van der Waals surface area contributed by atoms with Crippen LogP contribution in [0.3, 0.4) is 0 Å². The maximum absolute atomic E-state index is 10.1. The lowest BCUT2D eigenvalue weighted by Crippen LogP contribution is -2.21. The maximum Gasteiger partial charge on any atom is 0.128 e. The molecule has 0 radical (unpaired) electrons. The number of hydrogen-bond acceptors (Lipinski definition) is 6. The third-order valence-electron chi connectivity index (χ3n) is 2.61. The largest absolute Gasteiger partial charge is 0.394 e. The maximum atomic E-state index is 10.1. The summed E-state index contributed by atoms with van der Waals surface area (Å²) in [4.78, 5) is 0. The van der Waals surface area contributed by atoms with E-state index in [1.54, 1.807) is 19.4 Å². The molecule has 1 atom stereocenters. The van der Waals surface area contributed by atoms with E-state index < -0.39 is 6.10 Å². The Morgan fingerprint density at radius 3 is 2.67 bits per heavy atom. The van der Waals surface area contributed by atoms with Crippen molar-refractivity contribution in [3.05, 3.63) is 23.7 Å². The van der Waals surface area contributed by atoms with Crippen LogP contribution in [-0.2, 0) is 0 Å². The van der Waals surface area contributed by atoms with Crippen molar-refractivity contribution in [3.63, 3.8) is 0 Å². The first kappa shape index (κ1) is 15.1. The summed E-state index contributed by atoms with van der Waals surface area (Å²) in [6, 6.07) is 0.